The van der Waals surface area contributed by atoms with Crippen molar-refractivity contribution < 1.29 is 5.11 Å². The molecule has 102 valence electrons. The van der Waals surface area contributed by atoms with E-state index in [1.54, 1.807) is 0 Å². The molecule has 17 heavy (non-hydrogen) atoms. The molecular weight excluding hydrogens is 212 g/mol. The van der Waals surface area contributed by atoms with Crippen LogP contribution in [0.25, 0.3) is 0 Å². The lowest BCUT2D eigenvalue weighted by Crippen LogP contribution is -2.51. The van der Waals surface area contributed by atoms with Crippen molar-refractivity contribution in [2.75, 3.05) is 33.3 Å². The molecule has 0 amide bonds. The normalized spacial score (nSPS) is 20.1. The average molecular weight is 242 g/mol. The van der Waals surface area contributed by atoms with Crippen molar-refractivity contribution in [3.05, 3.63) is 0 Å². The highest BCUT2D eigenvalue weighted by Crippen LogP contribution is 2.39. The Hall–Kier alpha value is -0.120. The fourth-order valence-corrected chi connectivity index (χ4v) is 2.74. The first-order valence-electron chi connectivity index (χ1n) is 6.99. The molecule has 0 heterocycles. The van der Waals surface area contributed by atoms with E-state index in [2.05, 4.69) is 38.0 Å². The first-order valence-corrected chi connectivity index (χ1v) is 6.99. The second-order valence-electron chi connectivity index (χ2n) is 6.31. The topological polar surface area (TPSA) is 35.5 Å². The number of likely N-dealkylation sites (N-methyl/N-ethyl adjacent to an activating group) is 1. The first-order chi connectivity index (χ1) is 7.96. The molecule has 2 N–H and O–H groups in total. The molecule has 0 aromatic rings. The summed E-state index contributed by atoms with van der Waals surface area (Å²) in [7, 11) is 2.14. The molecule has 1 aliphatic carbocycles. The van der Waals surface area contributed by atoms with Gasteiger partial charge >= 0.3 is 0 Å². The van der Waals surface area contributed by atoms with Gasteiger partial charge in [0.05, 0.1) is 6.61 Å². The zero-order chi connectivity index (χ0) is 12.9. The summed E-state index contributed by atoms with van der Waals surface area (Å²) in [5, 5.41) is 13.0. The van der Waals surface area contributed by atoms with Gasteiger partial charge in [-0.3, -0.25) is 4.90 Å². The Morgan fingerprint density at radius 3 is 2.35 bits per heavy atom. The Kier molecular flexibility index (Phi) is 5.42. The van der Waals surface area contributed by atoms with E-state index in [9.17, 15) is 5.11 Å². The SMILES string of the molecule is CCNCC1(CN(C)C(C)(C)CO)CCCC1. The second kappa shape index (κ2) is 6.17. The van der Waals surface area contributed by atoms with Crippen molar-refractivity contribution in [1.29, 1.82) is 0 Å². The summed E-state index contributed by atoms with van der Waals surface area (Å²) < 4.78 is 0. The van der Waals surface area contributed by atoms with Gasteiger partial charge in [-0.1, -0.05) is 19.8 Å². The van der Waals surface area contributed by atoms with Crippen LogP contribution >= 0.6 is 0 Å². The molecule has 1 aliphatic rings. The minimum Gasteiger partial charge on any atom is -0.394 e. The molecule has 3 nitrogen and oxygen atoms in total. The van der Waals surface area contributed by atoms with E-state index in [-0.39, 0.29) is 12.1 Å². The number of hydrogen-bond acceptors (Lipinski definition) is 3. The predicted octanol–water partition coefficient (Wildman–Crippen LogP) is 1.86. The minimum absolute atomic E-state index is 0.109. The van der Waals surface area contributed by atoms with Gasteiger partial charge in [-0.15, -0.1) is 0 Å². The van der Waals surface area contributed by atoms with Crippen LogP contribution in [0.15, 0.2) is 0 Å². The van der Waals surface area contributed by atoms with Crippen LogP contribution in [0.3, 0.4) is 0 Å². The Bertz CT molecular complexity index is 222. The quantitative estimate of drug-likeness (QED) is 0.715. The molecule has 1 fully saturated rings. The Balaban J connectivity index is 2.60. The smallest absolute Gasteiger partial charge is 0.0609 e. The molecule has 0 aromatic heterocycles. The van der Waals surface area contributed by atoms with Gasteiger partial charge in [0, 0.05) is 18.6 Å². The standard InChI is InChI=1S/C14H30N2O/c1-5-15-10-14(8-6-7-9-14)11-16(4)13(2,3)12-17/h15,17H,5-12H2,1-4H3. The number of aliphatic hydroxyl groups excluding tert-OH is 1. The molecule has 0 saturated heterocycles. The van der Waals surface area contributed by atoms with Gasteiger partial charge in [-0.05, 0) is 45.7 Å². The number of rotatable bonds is 7. The van der Waals surface area contributed by atoms with Gasteiger partial charge in [0.1, 0.15) is 0 Å². The van der Waals surface area contributed by atoms with Crippen molar-refractivity contribution in [2.45, 2.75) is 52.0 Å². The van der Waals surface area contributed by atoms with Crippen molar-refractivity contribution in [3.63, 3.8) is 0 Å². The van der Waals surface area contributed by atoms with Gasteiger partial charge in [0.25, 0.3) is 0 Å². The zero-order valence-corrected chi connectivity index (χ0v) is 12.1. The molecule has 0 radical (unpaired) electrons. The van der Waals surface area contributed by atoms with E-state index < -0.39 is 0 Å². The molecular formula is C14H30N2O. The molecule has 3 heteroatoms. The van der Waals surface area contributed by atoms with E-state index in [1.807, 2.05) is 0 Å². The van der Waals surface area contributed by atoms with Crippen molar-refractivity contribution in [1.82, 2.24) is 10.2 Å². The van der Waals surface area contributed by atoms with E-state index in [1.165, 1.54) is 25.7 Å². The highest BCUT2D eigenvalue weighted by Gasteiger charge is 2.37. The Morgan fingerprint density at radius 1 is 1.29 bits per heavy atom. The fourth-order valence-electron chi connectivity index (χ4n) is 2.74. The largest absolute Gasteiger partial charge is 0.394 e. The van der Waals surface area contributed by atoms with E-state index in [4.69, 9.17) is 0 Å². The molecule has 0 aliphatic heterocycles. The van der Waals surface area contributed by atoms with Crippen LogP contribution in [-0.4, -0.2) is 48.8 Å². The third-order valence-electron chi connectivity index (χ3n) is 4.41. The maximum Gasteiger partial charge on any atom is 0.0609 e. The van der Waals surface area contributed by atoms with Crippen LogP contribution in [0.2, 0.25) is 0 Å². The number of nitrogens with one attached hydrogen (secondary N) is 1. The summed E-state index contributed by atoms with van der Waals surface area (Å²) >= 11 is 0. The van der Waals surface area contributed by atoms with Crippen molar-refractivity contribution >= 4 is 0 Å². The van der Waals surface area contributed by atoms with Crippen LogP contribution in [0, 0.1) is 5.41 Å². The molecule has 0 atom stereocenters. The average Bonchev–Trinajstić information content (AvgIpc) is 2.75. The highest BCUT2D eigenvalue weighted by atomic mass is 16.3. The van der Waals surface area contributed by atoms with Gasteiger partial charge in [0.15, 0.2) is 0 Å². The number of nitrogens with zero attached hydrogens (tertiary/aromatic N) is 1. The van der Waals surface area contributed by atoms with Crippen LogP contribution < -0.4 is 5.32 Å². The summed E-state index contributed by atoms with van der Waals surface area (Å²) in [6.45, 7) is 9.88. The van der Waals surface area contributed by atoms with Crippen LogP contribution in [0.5, 0.6) is 0 Å². The third-order valence-corrected chi connectivity index (χ3v) is 4.41. The summed E-state index contributed by atoms with van der Waals surface area (Å²) in [6.07, 6.45) is 5.37. The summed E-state index contributed by atoms with van der Waals surface area (Å²) in [5.41, 5.74) is 0.318. The lowest BCUT2D eigenvalue weighted by atomic mass is 9.84. The maximum absolute atomic E-state index is 9.44. The summed E-state index contributed by atoms with van der Waals surface area (Å²) in [4.78, 5) is 2.33. The third kappa shape index (κ3) is 3.94. The maximum atomic E-state index is 9.44. The van der Waals surface area contributed by atoms with Gasteiger partial charge in [0.2, 0.25) is 0 Å². The molecule has 0 bridgehead atoms. The fraction of sp³-hybridized carbons (Fsp3) is 1.00. The van der Waals surface area contributed by atoms with Crippen LogP contribution in [0.1, 0.15) is 46.5 Å². The number of hydrogen-bond donors (Lipinski definition) is 2. The Morgan fingerprint density at radius 2 is 1.88 bits per heavy atom. The molecule has 1 saturated carbocycles. The lowest BCUT2D eigenvalue weighted by molar-refractivity contribution is 0.0417. The Labute approximate surface area is 107 Å². The van der Waals surface area contributed by atoms with Crippen LogP contribution in [0.4, 0.5) is 0 Å². The predicted molar refractivity (Wildman–Crippen MR) is 73.2 cm³/mol. The minimum atomic E-state index is -0.109. The molecule has 0 spiro atoms. The van der Waals surface area contributed by atoms with Crippen molar-refractivity contribution in [2.24, 2.45) is 5.41 Å². The highest BCUT2D eigenvalue weighted by molar-refractivity contribution is 4.92. The molecule has 1 rings (SSSR count). The van der Waals surface area contributed by atoms with Gasteiger partial charge < -0.3 is 10.4 Å². The molecule has 0 unspecified atom stereocenters. The summed E-state index contributed by atoms with van der Waals surface area (Å²) in [5.74, 6) is 0. The van der Waals surface area contributed by atoms with Crippen LogP contribution in [-0.2, 0) is 0 Å². The first kappa shape index (κ1) is 14.9. The zero-order valence-electron chi connectivity index (χ0n) is 12.1. The lowest BCUT2D eigenvalue weighted by Gasteiger charge is -2.41. The van der Waals surface area contributed by atoms with E-state index in [0.29, 0.717) is 5.41 Å². The molecule has 0 aromatic carbocycles. The van der Waals surface area contributed by atoms with Crippen molar-refractivity contribution in [3.8, 4) is 0 Å². The van der Waals surface area contributed by atoms with Gasteiger partial charge in [-0.2, -0.15) is 0 Å². The van der Waals surface area contributed by atoms with E-state index >= 15 is 0 Å². The number of aliphatic hydroxyl groups is 1. The van der Waals surface area contributed by atoms with E-state index in [0.717, 1.165) is 19.6 Å². The monoisotopic (exact) mass is 242 g/mol. The second-order valence-corrected chi connectivity index (χ2v) is 6.31. The summed E-state index contributed by atoms with van der Waals surface area (Å²) in [6, 6.07) is 0. The van der Waals surface area contributed by atoms with Gasteiger partial charge in [-0.25, -0.2) is 0 Å².